The number of hydrogen-bond acceptors (Lipinski definition) is 9. The van der Waals surface area contributed by atoms with Crippen molar-refractivity contribution in [2.45, 2.75) is 13.3 Å². The van der Waals surface area contributed by atoms with Crippen LogP contribution in [0.5, 0.6) is 5.75 Å². The van der Waals surface area contributed by atoms with Gasteiger partial charge in [-0.25, -0.2) is 4.79 Å². The minimum Gasteiger partial charge on any atom is -0.474 e. The molecule has 2 heterocycles. The number of hydrogen-bond donors (Lipinski definition) is 0. The van der Waals surface area contributed by atoms with Crippen molar-refractivity contribution in [1.82, 2.24) is 4.98 Å². The van der Waals surface area contributed by atoms with Gasteiger partial charge in [0.25, 0.3) is 5.82 Å². The first-order chi connectivity index (χ1) is 13.0. The number of carbonyl (C=O) groups excluding carboxylic acids is 2. The predicted molar refractivity (Wildman–Crippen MR) is 91.3 cm³/mol. The fourth-order valence-corrected chi connectivity index (χ4v) is 2.57. The molecule has 0 spiro atoms. The van der Waals surface area contributed by atoms with Crippen molar-refractivity contribution in [1.29, 1.82) is 0 Å². The molecule has 1 aliphatic heterocycles. The summed E-state index contributed by atoms with van der Waals surface area (Å²) in [5, 5.41) is 11.3. The molecular formula is C16H21N3O8. The maximum Gasteiger partial charge on any atom is 0.408 e. The van der Waals surface area contributed by atoms with Gasteiger partial charge in [-0.15, -0.1) is 0 Å². The molecule has 0 radical (unpaired) electrons. The fraction of sp³-hybridized carbons (Fsp3) is 0.562. The number of esters is 1. The van der Waals surface area contributed by atoms with Gasteiger partial charge in [-0.2, -0.15) is 0 Å². The third-order valence-electron chi connectivity index (χ3n) is 3.68. The summed E-state index contributed by atoms with van der Waals surface area (Å²) < 4.78 is 19.9. The van der Waals surface area contributed by atoms with Gasteiger partial charge in [0.05, 0.1) is 13.2 Å². The van der Waals surface area contributed by atoms with E-state index in [0.29, 0.717) is 13.2 Å². The highest BCUT2D eigenvalue weighted by molar-refractivity contribution is 5.95. The molecule has 148 valence electrons. The zero-order valence-electron chi connectivity index (χ0n) is 15.1. The number of amides is 1. The molecule has 0 bridgehead atoms. The van der Waals surface area contributed by atoms with Crippen molar-refractivity contribution in [2.24, 2.45) is 5.92 Å². The number of ether oxygens (including phenoxy) is 4. The molecule has 1 aliphatic rings. The third-order valence-corrected chi connectivity index (χ3v) is 3.68. The maximum absolute atomic E-state index is 12.2. The molecule has 0 aliphatic carbocycles. The van der Waals surface area contributed by atoms with Gasteiger partial charge in [0, 0.05) is 32.1 Å². The van der Waals surface area contributed by atoms with Crippen molar-refractivity contribution in [2.75, 3.05) is 45.2 Å². The van der Waals surface area contributed by atoms with Crippen molar-refractivity contribution in [3.63, 3.8) is 0 Å². The van der Waals surface area contributed by atoms with Gasteiger partial charge in [0.1, 0.15) is 6.79 Å². The van der Waals surface area contributed by atoms with Crippen LogP contribution < -0.4 is 9.64 Å². The van der Waals surface area contributed by atoms with Crippen molar-refractivity contribution < 1.29 is 33.5 Å². The lowest BCUT2D eigenvalue weighted by Crippen LogP contribution is -2.26. The summed E-state index contributed by atoms with van der Waals surface area (Å²) >= 11 is 0. The first-order valence-corrected chi connectivity index (χ1v) is 8.27. The molecule has 11 nitrogen and oxygen atoms in total. The Hall–Kier alpha value is -2.79. The summed E-state index contributed by atoms with van der Waals surface area (Å²) in [5.41, 5.74) is 0. The van der Waals surface area contributed by atoms with E-state index in [-0.39, 0.29) is 43.2 Å². The van der Waals surface area contributed by atoms with Crippen LogP contribution >= 0.6 is 0 Å². The Bertz CT molecular complexity index is 696. The highest BCUT2D eigenvalue weighted by Crippen LogP contribution is 2.30. The van der Waals surface area contributed by atoms with Gasteiger partial charge in [0.2, 0.25) is 11.7 Å². The number of pyridine rings is 1. The highest BCUT2D eigenvalue weighted by atomic mass is 16.7. The van der Waals surface area contributed by atoms with Crippen LogP contribution in [0.1, 0.15) is 13.3 Å². The minimum atomic E-state index is -0.732. The molecule has 0 N–H and O–H groups in total. The monoisotopic (exact) mass is 383 g/mol. The van der Waals surface area contributed by atoms with E-state index >= 15 is 0 Å². The average molecular weight is 383 g/mol. The van der Waals surface area contributed by atoms with Crippen LogP contribution in [0.2, 0.25) is 0 Å². The smallest absolute Gasteiger partial charge is 0.408 e. The second-order valence-electron chi connectivity index (χ2n) is 5.69. The maximum atomic E-state index is 12.2. The molecular weight excluding hydrogens is 362 g/mol. The molecule has 0 saturated carbocycles. The summed E-state index contributed by atoms with van der Waals surface area (Å²) in [6, 6.07) is 2.74. The summed E-state index contributed by atoms with van der Waals surface area (Å²) in [7, 11) is 1.50. The zero-order chi connectivity index (χ0) is 19.8. The largest absolute Gasteiger partial charge is 0.474 e. The van der Waals surface area contributed by atoms with Crippen molar-refractivity contribution in [3.8, 4) is 5.75 Å². The van der Waals surface area contributed by atoms with Crippen LogP contribution in [0, 0.1) is 16.0 Å². The minimum absolute atomic E-state index is 0.0618. The second kappa shape index (κ2) is 9.78. The number of nitrogens with zero attached hydrogens (tertiary/aromatic N) is 3. The Balaban J connectivity index is 2.09. The number of aromatic nitrogens is 1. The van der Waals surface area contributed by atoms with E-state index in [4.69, 9.17) is 18.9 Å². The van der Waals surface area contributed by atoms with E-state index in [9.17, 15) is 19.7 Å². The Morgan fingerprint density at radius 2 is 2.22 bits per heavy atom. The van der Waals surface area contributed by atoms with Gasteiger partial charge in [-0.3, -0.25) is 9.69 Å². The Morgan fingerprint density at radius 3 is 2.89 bits per heavy atom. The van der Waals surface area contributed by atoms with E-state index in [0.717, 1.165) is 0 Å². The SMILES string of the molecule is CCOC(=O)COc1ccc(N2C[C@@H](COCOC)CC2=O)nc1[N+](=O)[O-]. The topological polar surface area (TPSA) is 130 Å². The van der Waals surface area contributed by atoms with Crippen LogP contribution in [0.25, 0.3) is 0 Å². The normalized spacial score (nSPS) is 16.4. The molecule has 1 aromatic heterocycles. The summed E-state index contributed by atoms with van der Waals surface area (Å²) in [4.78, 5) is 39.4. The standard InChI is InChI=1S/C16H21N3O8/c1-3-26-15(21)9-27-12-4-5-13(17-16(12)19(22)23)18-7-11(6-14(18)20)8-25-10-24-2/h4-5,11H,3,6-10H2,1-2H3/t11-/m0/s1. The predicted octanol–water partition coefficient (Wildman–Crippen LogP) is 0.905. The molecule has 1 atom stereocenters. The lowest BCUT2D eigenvalue weighted by atomic mass is 10.1. The highest BCUT2D eigenvalue weighted by Gasteiger charge is 2.34. The molecule has 0 unspecified atom stereocenters. The van der Waals surface area contributed by atoms with Crippen molar-refractivity contribution >= 4 is 23.5 Å². The second-order valence-corrected chi connectivity index (χ2v) is 5.69. The molecule has 0 aromatic carbocycles. The lowest BCUT2D eigenvalue weighted by Gasteiger charge is -2.13. The first kappa shape index (κ1) is 20.5. The van der Waals surface area contributed by atoms with E-state index in [1.165, 1.54) is 24.1 Å². The Morgan fingerprint density at radius 1 is 1.44 bits per heavy atom. The molecule has 2 rings (SSSR count). The van der Waals surface area contributed by atoms with E-state index in [2.05, 4.69) is 4.98 Å². The summed E-state index contributed by atoms with van der Waals surface area (Å²) in [6.45, 7) is 2.12. The van der Waals surface area contributed by atoms with Gasteiger partial charge in [-0.1, -0.05) is 0 Å². The number of carbonyl (C=O) groups is 2. The van der Waals surface area contributed by atoms with Crippen LogP contribution in [-0.2, 0) is 23.8 Å². The van der Waals surface area contributed by atoms with E-state index in [1.807, 2.05) is 0 Å². The summed E-state index contributed by atoms with van der Waals surface area (Å²) in [5.74, 6) is -1.53. The van der Waals surface area contributed by atoms with Crippen LogP contribution in [0.3, 0.4) is 0 Å². The molecule has 1 aromatic rings. The Kier molecular flexibility index (Phi) is 7.44. The number of methoxy groups -OCH3 is 1. The van der Waals surface area contributed by atoms with Crippen LogP contribution in [0.4, 0.5) is 11.6 Å². The Labute approximate surface area is 155 Å². The summed E-state index contributed by atoms with van der Waals surface area (Å²) in [6.07, 6.45) is 0.250. The van der Waals surface area contributed by atoms with Gasteiger partial charge in [-0.05, 0) is 22.9 Å². The quantitative estimate of drug-likeness (QED) is 0.190. The van der Waals surface area contributed by atoms with Gasteiger partial charge < -0.3 is 29.1 Å². The first-order valence-electron chi connectivity index (χ1n) is 8.27. The van der Waals surface area contributed by atoms with Gasteiger partial charge in [0.15, 0.2) is 6.61 Å². The fourth-order valence-electron chi connectivity index (χ4n) is 2.57. The lowest BCUT2D eigenvalue weighted by molar-refractivity contribution is -0.390. The average Bonchev–Trinajstić information content (AvgIpc) is 3.01. The van der Waals surface area contributed by atoms with Crippen LogP contribution in [0.15, 0.2) is 12.1 Å². The zero-order valence-corrected chi connectivity index (χ0v) is 15.1. The molecule has 1 fully saturated rings. The number of anilines is 1. The number of rotatable bonds is 10. The van der Waals surface area contributed by atoms with E-state index < -0.39 is 23.3 Å². The third kappa shape index (κ3) is 5.59. The van der Waals surface area contributed by atoms with Gasteiger partial charge >= 0.3 is 11.8 Å². The number of nitro groups is 1. The van der Waals surface area contributed by atoms with Crippen LogP contribution in [-0.4, -0.2) is 62.1 Å². The molecule has 27 heavy (non-hydrogen) atoms. The molecule has 11 heteroatoms. The molecule has 1 amide bonds. The van der Waals surface area contributed by atoms with Crippen molar-refractivity contribution in [3.05, 3.63) is 22.2 Å². The van der Waals surface area contributed by atoms with E-state index in [1.54, 1.807) is 6.92 Å². The molecule has 1 saturated heterocycles.